The smallest absolute Gasteiger partial charge is 0.0679 e. The number of aromatic nitrogens is 2. The van der Waals surface area contributed by atoms with Gasteiger partial charge in [0.15, 0.2) is 0 Å². The van der Waals surface area contributed by atoms with Gasteiger partial charge in [0.05, 0.1) is 11.4 Å². The van der Waals surface area contributed by atoms with Crippen molar-refractivity contribution in [2.75, 3.05) is 0 Å². The first-order valence-corrected chi connectivity index (χ1v) is 9.57. The molecule has 0 saturated heterocycles. The second kappa shape index (κ2) is 5.82. The van der Waals surface area contributed by atoms with E-state index in [0.717, 1.165) is 11.4 Å². The topological polar surface area (TPSA) is 17.8 Å². The van der Waals surface area contributed by atoms with E-state index < -0.39 is 0 Å². The highest BCUT2D eigenvalue weighted by Crippen LogP contribution is 2.37. The Morgan fingerprint density at radius 2 is 1.50 bits per heavy atom. The van der Waals surface area contributed by atoms with E-state index >= 15 is 0 Å². The van der Waals surface area contributed by atoms with Crippen molar-refractivity contribution in [1.29, 1.82) is 0 Å². The van der Waals surface area contributed by atoms with Crippen molar-refractivity contribution >= 4 is 31.5 Å². The second-order valence-electron chi connectivity index (χ2n) is 6.60. The molecule has 0 saturated carbocycles. The molecule has 2 heterocycles. The summed E-state index contributed by atoms with van der Waals surface area (Å²) in [5.74, 6) is 0. The SMILES string of the molecule is Cc1nn(-c2ccccc2)c(C)c1-c1ccc2sc3ccccc3c2c1. The Hall–Kier alpha value is -2.91. The average Bonchev–Trinajstić information content (AvgIpc) is 3.19. The fraction of sp³-hybridized carbons (Fsp3) is 0.0870. The Bertz CT molecular complexity index is 1250. The van der Waals surface area contributed by atoms with Crippen LogP contribution in [0.3, 0.4) is 0 Å². The third-order valence-corrected chi connectivity index (χ3v) is 6.11. The summed E-state index contributed by atoms with van der Waals surface area (Å²) in [5.41, 5.74) is 5.79. The molecule has 2 aromatic heterocycles. The maximum Gasteiger partial charge on any atom is 0.0679 e. The highest BCUT2D eigenvalue weighted by Gasteiger charge is 2.15. The lowest BCUT2D eigenvalue weighted by Gasteiger charge is -2.06. The summed E-state index contributed by atoms with van der Waals surface area (Å²) in [5, 5.41) is 7.47. The number of hydrogen-bond donors (Lipinski definition) is 0. The molecule has 0 aliphatic carbocycles. The molecule has 0 fully saturated rings. The van der Waals surface area contributed by atoms with Crippen molar-refractivity contribution in [3.05, 3.63) is 84.2 Å². The second-order valence-corrected chi connectivity index (χ2v) is 7.69. The lowest BCUT2D eigenvalue weighted by molar-refractivity contribution is 0.834. The summed E-state index contributed by atoms with van der Waals surface area (Å²) >= 11 is 1.86. The van der Waals surface area contributed by atoms with Gasteiger partial charge in [0.1, 0.15) is 0 Å². The molecule has 5 rings (SSSR count). The van der Waals surface area contributed by atoms with Crippen molar-refractivity contribution in [3.63, 3.8) is 0 Å². The van der Waals surface area contributed by atoms with Gasteiger partial charge in [0.2, 0.25) is 0 Å². The molecule has 0 spiro atoms. The zero-order valence-electron chi connectivity index (χ0n) is 14.7. The predicted molar refractivity (Wildman–Crippen MR) is 111 cm³/mol. The van der Waals surface area contributed by atoms with Crippen LogP contribution in [-0.4, -0.2) is 9.78 Å². The molecule has 2 nitrogen and oxygen atoms in total. The van der Waals surface area contributed by atoms with Gasteiger partial charge in [-0.1, -0.05) is 42.5 Å². The molecular formula is C23H18N2S. The van der Waals surface area contributed by atoms with Crippen LogP contribution in [-0.2, 0) is 0 Å². The molecule has 5 aromatic rings. The Kier molecular flexibility index (Phi) is 3.44. The minimum absolute atomic E-state index is 1.06. The first-order chi connectivity index (χ1) is 12.7. The zero-order chi connectivity index (χ0) is 17.7. The van der Waals surface area contributed by atoms with Crippen LogP contribution < -0.4 is 0 Å². The van der Waals surface area contributed by atoms with E-state index in [1.54, 1.807) is 0 Å². The summed E-state index contributed by atoms with van der Waals surface area (Å²) in [6.45, 7) is 4.25. The van der Waals surface area contributed by atoms with Gasteiger partial charge in [-0.3, -0.25) is 0 Å². The molecule has 0 unspecified atom stereocenters. The molecule has 3 heteroatoms. The minimum Gasteiger partial charge on any atom is -0.237 e. The largest absolute Gasteiger partial charge is 0.237 e. The highest BCUT2D eigenvalue weighted by molar-refractivity contribution is 7.25. The average molecular weight is 354 g/mol. The number of fused-ring (bicyclic) bond motifs is 3. The van der Waals surface area contributed by atoms with Crippen molar-refractivity contribution in [1.82, 2.24) is 9.78 Å². The van der Waals surface area contributed by atoms with Crippen molar-refractivity contribution in [2.45, 2.75) is 13.8 Å². The Labute approximate surface area is 156 Å². The molecule has 0 N–H and O–H groups in total. The zero-order valence-corrected chi connectivity index (χ0v) is 15.5. The van der Waals surface area contributed by atoms with Gasteiger partial charge in [-0.25, -0.2) is 4.68 Å². The standard InChI is InChI=1S/C23H18N2S/c1-15-23(16(2)25(24-15)18-8-4-3-5-9-18)17-12-13-22-20(14-17)19-10-6-7-11-21(19)26-22/h3-14H,1-2H3. The Morgan fingerprint density at radius 1 is 0.769 bits per heavy atom. The van der Waals surface area contributed by atoms with E-state index in [1.165, 1.54) is 37.0 Å². The molecule has 0 radical (unpaired) electrons. The summed E-state index contributed by atoms with van der Waals surface area (Å²) in [6.07, 6.45) is 0. The van der Waals surface area contributed by atoms with E-state index in [4.69, 9.17) is 5.10 Å². The number of hydrogen-bond acceptors (Lipinski definition) is 2. The van der Waals surface area contributed by atoms with Crippen LogP contribution >= 0.6 is 11.3 Å². The predicted octanol–water partition coefficient (Wildman–Crippen LogP) is 6.52. The maximum atomic E-state index is 4.81. The molecule has 0 atom stereocenters. The summed E-state index contributed by atoms with van der Waals surface area (Å²) in [7, 11) is 0. The van der Waals surface area contributed by atoms with E-state index in [1.807, 2.05) is 22.1 Å². The van der Waals surface area contributed by atoms with Gasteiger partial charge < -0.3 is 0 Å². The van der Waals surface area contributed by atoms with Gasteiger partial charge in [-0.2, -0.15) is 5.10 Å². The molecular weight excluding hydrogens is 336 g/mol. The van der Waals surface area contributed by atoms with Gasteiger partial charge >= 0.3 is 0 Å². The molecule has 26 heavy (non-hydrogen) atoms. The van der Waals surface area contributed by atoms with Gasteiger partial charge in [0, 0.05) is 31.4 Å². The first kappa shape index (κ1) is 15.4. The van der Waals surface area contributed by atoms with Crippen LogP contribution in [0, 0.1) is 13.8 Å². The summed E-state index contributed by atoms with van der Waals surface area (Å²) in [6, 6.07) is 25.8. The number of rotatable bonds is 2. The molecule has 126 valence electrons. The number of aryl methyl sites for hydroxylation is 1. The van der Waals surface area contributed by atoms with Crippen LogP contribution in [0.5, 0.6) is 0 Å². The van der Waals surface area contributed by atoms with Crippen LogP contribution in [0.15, 0.2) is 72.8 Å². The number of benzene rings is 3. The summed E-state index contributed by atoms with van der Waals surface area (Å²) < 4.78 is 4.72. The number of nitrogens with zero attached hydrogens (tertiary/aromatic N) is 2. The number of para-hydroxylation sites is 1. The Morgan fingerprint density at radius 3 is 2.35 bits per heavy atom. The minimum atomic E-state index is 1.06. The van der Waals surface area contributed by atoms with Gasteiger partial charge in [-0.05, 0) is 49.7 Å². The third-order valence-electron chi connectivity index (χ3n) is 4.96. The quantitative estimate of drug-likeness (QED) is 0.353. The van der Waals surface area contributed by atoms with E-state index in [-0.39, 0.29) is 0 Å². The number of thiophene rings is 1. The van der Waals surface area contributed by atoms with Crippen LogP contribution in [0.2, 0.25) is 0 Å². The maximum absolute atomic E-state index is 4.81. The fourth-order valence-corrected chi connectivity index (χ4v) is 4.85. The molecule has 3 aromatic carbocycles. The van der Waals surface area contributed by atoms with E-state index in [9.17, 15) is 0 Å². The lowest BCUT2D eigenvalue weighted by atomic mass is 10.0. The van der Waals surface area contributed by atoms with Crippen molar-refractivity contribution in [2.24, 2.45) is 0 Å². The van der Waals surface area contributed by atoms with E-state index in [0.29, 0.717) is 0 Å². The van der Waals surface area contributed by atoms with Crippen molar-refractivity contribution in [3.8, 4) is 16.8 Å². The molecule has 0 aliphatic heterocycles. The monoisotopic (exact) mass is 354 g/mol. The first-order valence-electron chi connectivity index (χ1n) is 8.76. The fourth-order valence-electron chi connectivity index (χ4n) is 3.76. The lowest BCUT2D eigenvalue weighted by Crippen LogP contribution is -1.98. The highest BCUT2D eigenvalue weighted by atomic mass is 32.1. The van der Waals surface area contributed by atoms with Crippen LogP contribution in [0.4, 0.5) is 0 Å². The van der Waals surface area contributed by atoms with Crippen LogP contribution in [0.1, 0.15) is 11.4 Å². The Balaban J connectivity index is 1.73. The van der Waals surface area contributed by atoms with Crippen LogP contribution in [0.25, 0.3) is 37.0 Å². The molecule has 0 bridgehead atoms. The normalized spacial score (nSPS) is 11.5. The van der Waals surface area contributed by atoms with Gasteiger partial charge in [0.25, 0.3) is 0 Å². The molecule has 0 aliphatic rings. The van der Waals surface area contributed by atoms with Gasteiger partial charge in [-0.15, -0.1) is 11.3 Å². The third kappa shape index (κ3) is 2.28. The van der Waals surface area contributed by atoms with Crippen molar-refractivity contribution < 1.29 is 0 Å². The summed E-state index contributed by atoms with van der Waals surface area (Å²) in [4.78, 5) is 0. The molecule has 0 amide bonds. The van der Waals surface area contributed by atoms with E-state index in [2.05, 4.69) is 80.6 Å².